The second kappa shape index (κ2) is 7.26. The second-order valence-electron chi connectivity index (χ2n) is 5.41. The Morgan fingerprint density at radius 3 is 3.00 bits per heavy atom. The van der Waals surface area contributed by atoms with Gasteiger partial charge in [-0.3, -0.25) is 9.59 Å². The van der Waals surface area contributed by atoms with Crippen LogP contribution in [0.4, 0.5) is 0 Å². The van der Waals surface area contributed by atoms with Crippen LogP contribution in [0.5, 0.6) is 0 Å². The standard InChI is InChI=1S/C15H23N3O3/c1-2-4-14(19)17-12-5-3-6-18(9-12)15(20)11-7-13(8-16)21-10-11/h7,10,12H,2-6,8-9,16H2,1H3,(H,17,19). The minimum Gasteiger partial charge on any atom is -0.467 e. The molecule has 6 heteroatoms. The molecule has 1 fully saturated rings. The van der Waals surface area contributed by atoms with Gasteiger partial charge in [-0.2, -0.15) is 0 Å². The summed E-state index contributed by atoms with van der Waals surface area (Å²) >= 11 is 0. The van der Waals surface area contributed by atoms with E-state index in [0.29, 0.717) is 30.8 Å². The number of hydrogen-bond donors (Lipinski definition) is 2. The molecule has 21 heavy (non-hydrogen) atoms. The largest absolute Gasteiger partial charge is 0.467 e. The highest BCUT2D eigenvalue weighted by Crippen LogP contribution is 2.16. The van der Waals surface area contributed by atoms with Gasteiger partial charge >= 0.3 is 0 Å². The molecule has 3 N–H and O–H groups in total. The average molecular weight is 293 g/mol. The first-order valence-corrected chi connectivity index (χ1v) is 7.50. The van der Waals surface area contributed by atoms with E-state index < -0.39 is 0 Å². The van der Waals surface area contributed by atoms with Crippen molar-refractivity contribution in [3.63, 3.8) is 0 Å². The van der Waals surface area contributed by atoms with Crippen LogP contribution in [0.25, 0.3) is 0 Å². The van der Waals surface area contributed by atoms with E-state index in [1.54, 1.807) is 11.0 Å². The van der Waals surface area contributed by atoms with E-state index in [9.17, 15) is 9.59 Å². The highest BCUT2D eigenvalue weighted by molar-refractivity contribution is 5.94. The molecule has 116 valence electrons. The number of nitrogens with one attached hydrogen (secondary N) is 1. The monoisotopic (exact) mass is 293 g/mol. The molecule has 1 atom stereocenters. The first kappa shape index (κ1) is 15.6. The van der Waals surface area contributed by atoms with Gasteiger partial charge in [0, 0.05) is 25.6 Å². The van der Waals surface area contributed by atoms with Gasteiger partial charge in [0.2, 0.25) is 5.91 Å². The molecule has 1 aromatic heterocycles. The van der Waals surface area contributed by atoms with Crippen molar-refractivity contribution in [2.75, 3.05) is 13.1 Å². The van der Waals surface area contributed by atoms with E-state index in [1.807, 2.05) is 6.92 Å². The molecule has 0 spiro atoms. The van der Waals surface area contributed by atoms with Crippen molar-refractivity contribution in [3.8, 4) is 0 Å². The topological polar surface area (TPSA) is 88.6 Å². The number of carbonyl (C=O) groups excluding carboxylic acids is 2. The van der Waals surface area contributed by atoms with Crippen LogP contribution >= 0.6 is 0 Å². The normalized spacial score (nSPS) is 18.6. The van der Waals surface area contributed by atoms with Crippen molar-refractivity contribution in [3.05, 3.63) is 23.7 Å². The maximum absolute atomic E-state index is 12.4. The first-order valence-electron chi connectivity index (χ1n) is 7.50. The molecule has 0 radical (unpaired) electrons. The predicted octanol–water partition coefficient (Wildman–Crippen LogP) is 1.26. The Bertz CT molecular complexity index is 498. The number of carbonyl (C=O) groups is 2. The van der Waals surface area contributed by atoms with E-state index in [4.69, 9.17) is 10.2 Å². The lowest BCUT2D eigenvalue weighted by atomic mass is 10.0. The SMILES string of the molecule is CCCC(=O)NC1CCCN(C(=O)c2coc(CN)c2)C1. The Hall–Kier alpha value is -1.82. The Kier molecular flexibility index (Phi) is 5.38. The lowest BCUT2D eigenvalue weighted by Gasteiger charge is -2.33. The number of likely N-dealkylation sites (tertiary alicyclic amines) is 1. The lowest BCUT2D eigenvalue weighted by molar-refractivity contribution is -0.122. The molecule has 1 aromatic rings. The number of amides is 2. The van der Waals surface area contributed by atoms with Gasteiger partial charge in [-0.15, -0.1) is 0 Å². The van der Waals surface area contributed by atoms with Crippen LogP contribution < -0.4 is 11.1 Å². The van der Waals surface area contributed by atoms with Crippen LogP contribution in [-0.4, -0.2) is 35.8 Å². The quantitative estimate of drug-likeness (QED) is 0.855. The number of rotatable bonds is 5. The van der Waals surface area contributed by atoms with Gasteiger partial charge in [-0.1, -0.05) is 6.92 Å². The fourth-order valence-corrected chi connectivity index (χ4v) is 2.59. The fourth-order valence-electron chi connectivity index (χ4n) is 2.59. The molecular weight excluding hydrogens is 270 g/mol. The first-order chi connectivity index (χ1) is 10.1. The molecule has 0 bridgehead atoms. The Morgan fingerprint density at radius 1 is 1.52 bits per heavy atom. The van der Waals surface area contributed by atoms with Gasteiger partial charge < -0.3 is 20.4 Å². The molecule has 0 aliphatic carbocycles. The van der Waals surface area contributed by atoms with Crippen LogP contribution in [0, 0.1) is 0 Å². The maximum atomic E-state index is 12.4. The molecular formula is C15H23N3O3. The molecule has 6 nitrogen and oxygen atoms in total. The summed E-state index contributed by atoms with van der Waals surface area (Å²) in [5.74, 6) is 0.599. The third-order valence-corrected chi connectivity index (χ3v) is 3.65. The van der Waals surface area contributed by atoms with Gasteiger partial charge in [-0.05, 0) is 25.3 Å². The summed E-state index contributed by atoms with van der Waals surface area (Å²) < 4.78 is 5.21. The predicted molar refractivity (Wildman–Crippen MR) is 78.6 cm³/mol. The highest BCUT2D eigenvalue weighted by atomic mass is 16.3. The second-order valence-corrected chi connectivity index (χ2v) is 5.41. The van der Waals surface area contributed by atoms with Crippen molar-refractivity contribution >= 4 is 11.8 Å². The number of nitrogens with zero attached hydrogens (tertiary/aromatic N) is 1. The highest BCUT2D eigenvalue weighted by Gasteiger charge is 2.26. The fraction of sp³-hybridized carbons (Fsp3) is 0.600. The number of hydrogen-bond acceptors (Lipinski definition) is 4. The Morgan fingerprint density at radius 2 is 2.33 bits per heavy atom. The molecule has 0 aromatic carbocycles. The van der Waals surface area contributed by atoms with Crippen LogP contribution in [0.1, 0.15) is 48.7 Å². The van der Waals surface area contributed by atoms with Crippen molar-refractivity contribution in [1.82, 2.24) is 10.2 Å². The van der Waals surface area contributed by atoms with Crippen LogP contribution in [-0.2, 0) is 11.3 Å². The maximum Gasteiger partial charge on any atom is 0.257 e. The molecule has 1 saturated heterocycles. The minimum atomic E-state index is -0.0621. The van der Waals surface area contributed by atoms with E-state index in [2.05, 4.69) is 5.32 Å². The number of furan rings is 1. The zero-order chi connectivity index (χ0) is 15.2. The van der Waals surface area contributed by atoms with Gasteiger partial charge in [-0.25, -0.2) is 0 Å². The Labute approximate surface area is 124 Å². The van der Waals surface area contributed by atoms with Crippen LogP contribution in [0.3, 0.4) is 0 Å². The van der Waals surface area contributed by atoms with Crippen LogP contribution in [0.2, 0.25) is 0 Å². The molecule has 0 saturated carbocycles. The van der Waals surface area contributed by atoms with E-state index in [1.165, 1.54) is 6.26 Å². The van der Waals surface area contributed by atoms with Crippen molar-refractivity contribution in [2.45, 2.75) is 45.2 Å². The summed E-state index contributed by atoms with van der Waals surface area (Å²) in [5.41, 5.74) is 6.01. The smallest absolute Gasteiger partial charge is 0.257 e. The molecule has 2 rings (SSSR count). The van der Waals surface area contributed by atoms with E-state index in [-0.39, 0.29) is 24.4 Å². The summed E-state index contributed by atoms with van der Waals surface area (Å²) in [7, 11) is 0. The van der Waals surface area contributed by atoms with Gasteiger partial charge in [0.05, 0.1) is 12.1 Å². The molecule has 1 unspecified atom stereocenters. The zero-order valence-electron chi connectivity index (χ0n) is 12.4. The summed E-state index contributed by atoms with van der Waals surface area (Å²) in [6.07, 6.45) is 4.62. The van der Waals surface area contributed by atoms with Gasteiger partial charge in [0.25, 0.3) is 5.91 Å². The van der Waals surface area contributed by atoms with Crippen molar-refractivity contribution < 1.29 is 14.0 Å². The number of piperidine rings is 1. The zero-order valence-corrected chi connectivity index (χ0v) is 12.4. The number of nitrogens with two attached hydrogens (primary N) is 1. The van der Waals surface area contributed by atoms with Crippen molar-refractivity contribution in [2.24, 2.45) is 5.73 Å². The van der Waals surface area contributed by atoms with Gasteiger partial charge in [0.15, 0.2) is 0 Å². The van der Waals surface area contributed by atoms with E-state index >= 15 is 0 Å². The minimum absolute atomic E-state index is 0.0441. The summed E-state index contributed by atoms with van der Waals surface area (Å²) in [4.78, 5) is 25.8. The van der Waals surface area contributed by atoms with Crippen molar-refractivity contribution in [1.29, 1.82) is 0 Å². The summed E-state index contributed by atoms with van der Waals surface area (Å²) in [6, 6.07) is 1.73. The molecule has 2 heterocycles. The summed E-state index contributed by atoms with van der Waals surface area (Å²) in [6.45, 7) is 3.52. The third kappa shape index (κ3) is 4.07. The lowest BCUT2D eigenvalue weighted by Crippen LogP contribution is -2.49. The average Bonchev–Trinajstić information content (AvgIpc) is 2.96. The summed E-state index contributed by atoms with van der Waals surface area (Å²) in [5, 5.41) is 3.00. The molecule has 1 aliphatic rings. The van der Waals surface area contributed by atoms with Crippen LogP contribution in [0.15, 0.2) is 16.7 Å². The molecule has 1 aliphatic heterocycles. The van der Waals surface area contributed by atoms with Gasteiger partial charge in [0.1, 0.15) is 12.0 Å². The third-order valence-electron chi connectivity index (χ3n) is 3.65. The molecule has 2 amide bonds. The van der Waals surface area contributed by atoms with E-state index in [0.717, 1.165) is 19.3 Å². The Balaban J connectivity index is 1.93.